The van der Waals surface area contributed by atoms with Gasteiger partial charge in [-0.25, -0.2) is 0 Å². The number of rotatable bonds is 9. The first-order chi connectivity index (χ1) is 21.2. The van der Waals surface area contributed by atoms with E-state index in [1.165, 1.54) is 38.5 Å². The van der Waals surface area contributed by atoms with E-state index in [2.05, 4.69) is 67.5 Å². The summed E-state index contributed by atoms with van der Waals surface area (Å²) < 4.78 is 12.0. The molecule has 4 heteroatoms. The van der Waals surface area contributed by atoms with Crippen molar-refractivity contribution in [3.63, 3.8) is 0 Å². The number of allylic oxidation sites excluding steroid dienone is 4. The molecular formula is C42H70O4. The summed E-state index contributed by atoms with van der Waals surface area (Å²) in [6.07, 6.45) is 17.0. The second-order valence-electron chi connectivity index (χ2n) is 18.8. The van der Waals surface area contributed by atoms with E-state index >= 15 is 0 Å². The molecule has 0 heterocycles. The molecule has 0 aromatic rings. The third kappa shape index (κ3) is 6.94. The van der Waals surface area contributed by atoms with Crippen molar-refractivity contribution in [2.75, 3.05) is 0 Å². The Hall–Kier alpha value is -1.58. The topological polar surface area (TPSA) is 52.6 Å². The van der Waals surface area contributed by atoms with Crippen LogP contribution in [-0.2, 0) is 19.1 Å². The third-order valence-electron chi connectivity index (χ3n) is 13.5. The Balaban J connectivity index is 1.54. The van der Waals surface area contributed by atoms with Gasteiger partial charge < -0.3 is 9.47 Å². The van der Waals surface area contributed by atoms with Crippen molar-refractivity contribution in [3.8, 4) is 0 Å². The van der Waals surface area contributed by atoms with Gasteiger partial charge in [0, 0.05) is 10.8 Å². The first kappa shape index (κ1) is 37.2. The lowest BCUT2D eigenvalue weighted by Crippen LogP contribution is -2.56. The zero-order valence-corrected chi connectivity index (χ0v) is 32.1. The highest BCUT2D eigenvalue weighted by Gasteiger charge is 2.59. The number of carbonyl (C=O) groups excluding carboxylic acids is 2. The minimum absolute atomic E-state index is 0.0376. The van der Waals surface area contributed by atoms with Crippen molar-refractivity contribution in [1.82, 2.24) is 0 Å². The molecule has 3 fully saturated rings. The van der Waals surface area contributed by atoms with Crippen LogP contribution in [0.25, 0.3) is 0 Å². The Morgan fingerprint density at radius 1 is 0.978 bits per heavy atom. The van der Waals surface area contributed by atoms with E-state index in [9.17, 15) is 9.59 Å². The van der Waals surface area contributed by atoms with Gasteiger partial charge in [0.05, 0.1) is 11.8 Å². The molecule has 0 aromatic carbocycles. The van der Waals surface area contributed by atoms with Crippen LogP contribution in [0.2, 0.25) is 0 Å². The van der Waals surface area contributed by atoms with Crippen molar-refractivity contribution in [2.45, 2.75) is 172 Å². The first-order valence-corrected chi connectivity index (χ1v) is 19.0. The summed E-state index contributed by atoms with van der Waals surface area (Å²) in [7, 11) is 0. The van der Waals surface area contributed by atoms with E-state index in [1.54, 1.807) is 19.4 Å². The van der Waals surface area contributed by atoms with E-state index in [-0.39, 0.29) is 35.3 Å². The molecule has 8 atom stereocenters. The average molecular weight is 639 g/mol. The van der Waals surface area contributed by atoms with Crippen LogP contribution in [0, 0.1) is 57.2 Å². The summed E-state index contributed by atoms with van der Waals surface area (Å²) in [5.41, 5.74) is 2.52. The molecule has 0 saturated heterocycles. The molecule has 0 spiro atoms. The Labute approximate surface area is 283 Å². The SMILES string of the molecule is C/C=C/C12CCC(C(C)C)=C1C1CCC(C3(C)CCC(OC(=O)CC(C)(C)C(=O)OC(C)(C)C)C(C)(C)C3CCC)C(C)C1CC2. The molecule has 0 radical (unpaired) electrons. The highest BCUT2D eigenvalue weighted by molar-refractivity contribution is 5.83. The standard InChI is InChI=1S/C42H70O4/c1-14-16-33-40(11,12)34(45-35(43)26-39(9,10)37(44)46-38(6,7)8)21-23-41(33,13)32-18-17-31-30(28(32)5)20-25-42(22-15-2)24-19-29(27(3)4)36(31)42/h15,22,27-28,30-34H,14,16-21,23-26H2,1-13H3/b22-15+. The van der Waals surface area contributed by atoms with Crippen molar-refractivity contribution in [2.24, 2.45) is 57.2 Å². The number of ether oxygens (including phenoxy) is 2. The largest absolute Gasteiger partial charge is 0.462 e. The second kappa shape index (κ2) is 13.4. The molecule has 46 heavy (non-hydrogen) atoms. The maximum absolute atomic E-state index is 13.4. The van der Waals surface area contributed by atoms with E-state index in [0.29, 0.717) is 29.1 Å². The van der Waals surface area contributed by atoms with Crippen LogP contribution in [0.5, 0.6) is 0 Å². The maximum atomic E-state index is 13.4. The molecule has 0 N–H and O–H groups in total. The molecule has 0 aliphatic heterocycles. The van der Waals surface area contributed by atoms with Crippen molar-refractivity contribution >= 4 is 11.9 Å². The Morgan fingerprint density at radius 2 is 1.65 bits per heavy atom. The number of hydrogen-bond acceptors (Lipinski definition) is 4. The molecule has 4 aliphatic rings. The fraction of sp³-hybridized carbons (Fsp3) is 0.857. The van der Waals surface area contributed by atoms with Crippen LogP contribution >= 0.6 is 0 Å². The number of esters is 2. The summed E-state index contributed by atoms with van der Waals surface area (Å²) in [5.74, 6) is 3.38. The van der Waals surface area contributed by atoms with Gasteiger partial charge in [0.2, 0.25) is 0 Å². The van der Waals surface area contributed by atoms with Crippen LogP contribution in [0.15, 0.2) is 23.3 Å². The van der Waals surface area contributed by atoms with E-state index < -0.39 is 11.0 Å². The Bertz CT molecular complexity index is 1180. The summed E-state index contributed by atoms with van der Waals surface area (Å²) >= 11 is 0. The van der Waals surface area contributed by atoms with E-state index in [1.807, 2.05) is 26.3 Å². The number of hydrogen-bond donors (Lipinski definition) is 0. The maximum Gasteiger partial charge on any atom is 0.312 e. The molecule has 3 saturated carbocycles. The van der Waals surface area contributed by atoms with Crippen molar-refractivity contribution < 1.29 is 19.1 Å². The van der Waals surface area contributed by atoms with Crippen LogP contribution in [0.1, 0.15) is 161 Å². The molecule has 0 bridgehead atoms. The van der Waals surface area contributed by atoms with Crippen molar-refractivity contribution in [1.29, 1.82) is 0 Å². The molecule has 4 aliphatic carbocycles. The predicted octanol–water partition coefficient (Wildman–Crippen LogP) is 11.3. The smallest absolute Gasteiger partial charge is 0.312 e. The van der Waals surface area contributed by atoms with Gasteiger partial charge >= 0.3 is 11.9 Å². The quantitative estimate of drug-likeness (QED) is 0.186. The normalized spacial score (nSPS) is 36.5. The van der Waals surface area contributed by atoms with Crippen molar-refractivity contribution in [3.05, 3.63) is 23.3 Å². The third-order valence-corrected chi connectivity index (χ3v) is 13.5. The molecular weight excluding hydrogens is 568 g/mol. The minimum Gasteiger partial charge on any atom is -0.462 e. The molecule has 4 nitrogen and oxygen atoms in total. The highest BCUT2D eigenvalue weighted by Crippen LogP contribution is 2.66. The van der Waals surface area contributed by atoms with Crippen LogP contribution in [0.3, 0.4) is 0 Å². The average Bonchev–Trinajstić information content (AvgIpc) is 3.32. The van der Waals surface area contributed by atoms with Gasteiger partial charge in [0.15, 0.2) is 0 Å². The lowest BCUT2D eigenvalue weighted by atomic mass is 9.44. The molecule has 8 unspecified atom stereocenters. The van der Waals surface area contributed by atoms with Gasteiger partial charge in [0.25, 0.3) is 0 Å². The van der Waals surface area contributed by atoms with Crippen LogP contribution in [-0.4, -0.2) is 23.6 Å². The van der Waals surface area contributed by atoms with Gasteiger partial charge in [-0.1, -0.05) is 78.2 Å². The monoisotopic (exact) mass is 639 g/mol. The van der Waals surface area contributed by atoms with E-state index in [0.717, 1.165) is 37.5 Å². The fourth-order valence-corrected chi connectivity index (χ4v) is 11.4. The Kier molecular flexibility index (Phi) is 10.8. The second-order valence-corrected chi connectivity index (χ2v) is 18.8. The Morgan fingerprint density at radius 3 is 2.24 bits per heavy atom. The van der Waals surface area contributed by atoms with Crippen LogP contribution < -0.4 is 0 Å². The fourth-order valence-electron chi connectivity index (χ4n) is 11.4. The highest BCUT2D eigenvalue weighted by atomic mass is 16.6. The predicted molar refractivity (Wildman–Crippen MR) is 190 cm³/mol. The van der Waals surface area contributed by atoms with Gasteiger partial charge in [-0.05, 0) is 140 Å². The van der Waals surface area contributed by atoms with Crippen LogP contribution in [0.4, 0.5) is 0 Å². The van der Waals surface area contributed by atoms with Gasteiger partial charge in [-0.15, -0.1) is 0 Å². The van der Waals surface area contributed by atoms with E-state index in [4.69, 9.17) is 9.47 Å². The molecule has 0 aromatic heterocycles. The summed E-state index contributed by atoms with van der Waals surface area (Å²) in [4.78, 5) is 26.3. The lowest BCUT2D eigenvalue weighted by Gasteiger charge is -2.61. The minimum atomic E-state index is -0.927. The lowest BCUT2D eigenvalue weighted by molar-refractivity contribution is -0.186. The molecule has 4 rings (SSSR count). The summed E-state index contributed by atoms with van der Waals surface area (Å²) in [6, 6.07) is 0. The number of carbonyl (C=O) groups is 2. The molecule has 262 valence electrons. The first-order valence-electron chi connectivity index (χ1n) is 19.0. The molecule has 0 amide bonds. The summed E-state index contributed by atoms with van der Waals surface area (Å²) in [6.45, 7) is 28.5. The van der Waals surface area contributed by atoms with Gasteiger partial charge in [-0.3, -0.25) is 9.59 Å². The van der Waals surface area contributed by atoms with Gasteiger partial charge in [0.1, 0.15) is 11.7 Å². The van der Waals surface area contributed by atoms with Gasteiger partial charge in [-0.2, -0.15) is 0 Å². The zero-order chi connectivity index (χ0) is 34.5. The summed E-state index contributed by atoms with van der Waals surface area (Å²) in [5, 5.41) is 0. The zero-order valence-electron chi connectivity index (χ0n) is 32.1. The number of fused-ring (bicyclic) bond motifs is 3.